The summed E-state index contributed by atoms with van der Waals surface area (Å²) in [4.78, 5) is 0. The van der Waals surface area contributed by atoms with Crippen molar-refractivity contribution in [2.75, 3.05) is 6.61 Å². The molecule has 0 N–H and O–H groups in total. The molecule has 0 aromatic heterocycles. The Morgan fingerprint density at radius 1 is 1.29 bits per heavy atom. The minimum Gasteiger partial charge on any atom is -0.487 e. The summed E-state index contributed by atoms with van der Waals surface area (Å²) in [6, 6.07) is 2.60. The molecular formula is C12H14BrF3O. The number of unbranched alkanes of at least 4 members (excludes halogenated alkanes) is 1. The van der Waals surface area contributed by atoms with E-state index >= 15 is 0 Å². The van der Waals surface area contributed by atoms with Gasteiger partial charge < -0.3 is 4.74 Å². The van der Waals surface area contributed by atoms with E-state index in [1.165, 1.54) is 12.1 Å². The number of hydrogen-bond donors (Lipinski definition) is 0. The Morgan fingerprint density at radius 2 is 2.00 bits per heavy atom. The highest BCUT2D eigenvalue weighted by molar-refractivity contribution is 9.10. The molecule has 1 aromatic carbocycles. The molecule has 96 valence electrons. The predicted octanol–water partition coefficient (Wildman–Crippen LogP) is 4.63. The van der Waals surface area contributed by atoms with Crippen molar-refractivity contribution in [1.29, 1.82) is 0 Å². The van der Waals surface area contributed by atoms with Crippen LogP contribution in [0.4, 0.5) is 13.2 Å². The van der Waals surface area contributed by atoms with E-state index in [9.17, 15) is 13.2 Å². The topological polar surface area (TPSA) is 9.23 Å². The molecule has 1 rings (SSSR count). The lowest BCUT2D eigenvalue weighted by Gasteiger charge is -2.11. The van der Waals surface area contributed by atoms with Gasteiger partial charge in [0.2, 0.25) is 5.82 Å². The second-order valence-corrected chi connectivity index (χ2v) is 4.58. The van der Waals surface area contributed by atoms with Gasteiger partial charge in [0.25, 0.3) is 0 Å². The molecule has 0 amide bonds. The highest BCUT2D eigenvalue weighted by Gasteiger charge is 2.14. The lowest BCUT2D eigenvalue weighted by Crippen LogP contribution is -2.13. The summed E-state index contributed by atoms with van der Waals surface area (Å²) in [5.41, 5.74) is 0. The van der Waals surface area contributed by atoms with Crippen molar-refractivity contribution in [2.24, 2.45) is 0 Å². The fourth-order valence-electron chi connectivity index (χ4n) is 1.31. The zero-order valence-corrected chi connectivity index (χ0v) is 11.1. The van der Waals surface area contributed by atoms with Crippen LogP contribution < -0.4 is 4.74 Å². The smallest absolute Gasteiger partial charge is 0.201 e. The van der Waals surface area contributed by atoms with E-state index in [1.807, 2.05) is 6.92 Å². The van der Waals surface area contributed by atoms with Crippen LogP contribution in [0.1, 0.15) is 26.2 Å². The maximum absolute atomic E-state index is 13.3. The highest BCUT2D eigenvalue weighted by Crippen LogP contribution is 2.26. The summed E-state index contributed by atoms with van der Waals surface area (Å²) in [7, 11) is 0. The van der Waals surface area contributed by atoms with Crippen molar-refractivity contribution >= 4 is 15.9 Å². The molecule has 1 atom stereocenters. The number of rotatable bonds is 6. The minimum atomic E-state index is -1.15. The van der Waals surface area contributed by atoms with Gasteiger partial charge in [-0.1, -0.05) is 19.8 Å². The van der Waals surface area contributed by atoms with Crippen LogP contribution in [0, 0.1) is 11.6 Å². The molecule has 0 saturated heterocycles. The molecule has 1 aromatic rings. The summed E-state index contributed by atoms with van der Waals surface area (Å²) >= 11 is 2.85. The van der Waals surface area contributed by atoms with Crippen LogP contribution in [0.2, 0.25) is 0 Å². The van der Waals surface area contributed by atoms with Crippen LogP contribution in [-0.4, -0.2) is 12.8 Å². The van der Waals surface area contributed by atoms with Crippen molar-refractivity contribution < 1.29 is 17.9 Å². The Hall–Kier alpha value is -0.710. The minimum absolute atomic E-state index is 0.0186. The van der Waals surface area contributed by atoms with Crippen molar-refractivity contribution in [3.05, 3.63) is 28.2 Å². The second kappa shape index (κ2) is 6.89. The fourth-order valence-corrected chi connectivity index (χ4v) is 1.62. The molecule has 0 heterocycles. The van der Waals surface area contributed by atoms with Crippen LogP contribution in [-0.2, 0) is 0 Å². The molecule has 1 unspecified atom stereocenters. The van der Waals surface area contributed by atoms with E-state index in [0.717, 1.165) is 12.8 Å². The van der Waals surface area contributed by atoms with E-state index in [0.29, 0.717) is 6.42 Å². The molecule has 0 spiro atoms. The Labute approximate surface area is 107 Å². The summed E-state index contributed by atoms with van der Waals surface area (Å²) in [6.07, 6.45) is 0.863. The zero-order valence-electron chi connectivity index (χ0n) is 9.48. The van der Waals surface area contributed by atoms with E-state index < -0.39 is 17.8 Å². The van der Waals surface area contributed by atoms with Gasteiger partial charge in [0.1, 0.15) is 12.8 Å². The molecular weight excluding hydrogens is 297 g/mol. The molecule has 0 bridgehead atoms. The third-order valence-electron chi connectivity index (χ3n) is 2.29. The first-order valence-electron chi connectivity index (χ1n) is 5.46. The zero-order chi connectivity index (χ0) is 12.8. The molecule has 1 nitrogen and oxygen atoms in total. The van der Waals surface area contributed by atoms with Gasteiger partial charge in [-0.3, -0.25) is 0 Å². The fraction of sp³-hybridized carbons (Fsp3) is 0.500. The van der Waals surface area contributed by atoms with Gasteiger partial charge in [-0.05, 0) is 34.5 Å². The van der Waals surface area contributed by atoms with Gasteiger partial charge in [-0.2, -0.15) is 4.39 Å². The molecule has 0 aliphatic carbocycles. The molecule has 0 saturated carbocycles. The quantitative estimate of drug-likeness (QED) is 0.696. The second-order valence-electron chi connectivity index (χ2n) is 3.72. The van der Waals surface area contributed by atoms with Crippen LogP contribution >= 0.6 is 15.9 Å². The summed E-state index contributed by atoms with van der Waals surface area (Å²) in [6.45, 7) is 1.70. The molecule has 5 heteroatoms. The average Bonchev–Trinajstić information content (AvgIpc) is 2.32. The van der Waals surface area contributed by atoms with E-state index in [2.05, 4.69) is 15.9 Å². The Morgan fingerprint density at radius 3 is 2.65 bits per heavy atom. The molecule has 0 aliphatic rings. The van der Waals surface area contributed by atoms with Crippen molar-refractivity contribution in [3.8, 4) is 5.75 Å². The third-order valence-corrected chi connectivity index (χ3v) is 2.90. The summed E-state index contributed by atoms with van der Waals surface area (Å²) in [5.74, 6) is -2.38. The molecule has 0 radical (unpaired) electrons. The molecule has 0 aliphatic heterocycles. The summed E-state index contributed by atoms with van der Waals surface area (Å²) in [5, 5.41) is 0. The lowest BCUT2D eigenvalue weighted by atomic mass is 10.2. The van der Waals surface area contributed by atoms with E-state index in [4.69, 9.17) is 4.74 Å². The maximum Gasteiger partial charge on any atom is 0.201 e. The highest BCUT2D eigenvalue weighted by atomic mass is 79.9. The molecule has 17 heavy (non-hydrogen) atoms. The van der Waals surface area contributed by atoms with Crippen LogP contribution in [0.5, 0.6) is 5.75 Å². The largest absolute Gasteiger partial charge is 0.487 e. The van der Waals surface area contributed by atoms with Crippen molar-refractivity contribution in [1.82, 2.24) is 0 Å². The van der Waals surface area contributed by atoms with Crippen molar-refractivity contribution in [3.63, 3.8) is 0 Å². The van der Waals surface area contributed by atoms with Gasteiger partial charge in [0.15, 0.2) is 11.6 Å². The van der Waals surface area contributed by atoms with Gasteiger partial charge in [0, 0.05) is 0 Å². The average molecular weight is 311 g/mol. The normalized spacial score (nSPS) is 12.5. The van der Waals surface area contributed by atoms with E-state index in [-0.39, 0.29) is 16.8 Å². The number of ether oxygens (including phenoxy) is 1. The number of alkyl halides is 1. The van der Waals surface area contributed by atoms with Gasteiger partial charge in [-0.25, -0.2) is 8.78 Å². The first kappa shape index (κ1) is 14.4. The number of hydrogen-bond acceptors (Lipinski definition) is 1. The van der Waals surface area contributed by atoms with Crippen LogP contribution in [0.15, 0.2) is 16.6 Å². The van der Waals surface area contributed by atoms with Crippen LogP contribution in [0.3, 0.4) is 0 Å². The first-order chi connectivity index (χ1) is 8.06. The van der Waals surface area contributed by atoms with Gasteiger partial charge >= 0.3 is 0 Å². The SMILES string of the molecule is CCCCC(F)COc1ccc(Br)c(F)c1F. The maximum atomic E-state index is 13.3. The van der Waals surface area contributed by atoms with Crippen molar-refractivity contribution in [2.45, 2.75) is 32.4 Å². The predicted molar refractivity (Wildman–Crippen MR) is 64.0 cm³/mol. The monoisotopic (exact) mass is 310 g/mol. The lowest BCUT2D eigenvalue weighted by molar-refractivity contribution is 0.178. The summed E-state index contributed by atoms with van der Waals surface area (Å²) < 4.78 is 44.6. The number of halogens is 4. The third kappa shape index (κ3) is 4.22. The Bertz CT molecular complexity index is 371. The Balaban J connectivity index is 2.55. The van der Waals surface area contributed by atoms with Gasteiger partial charge in [-0.15, -0.1) is 0 Å². The Kier molecular flexibility index (Phi) is 5.82. The molecule has 0 fully saturated rings. The van der Waals surface area contributed by atoms with E-state index in [1.54, 1.807) is 0 Å². The standard InChI is InChI=1S/C12H14BrF3O/c1-2-3-4-8(14)7-17-10-6-5-9(13)11(15)12(10)16/h5-6,8H,2-4,7H2,1H3. The number of benzene rings is 1. The van der Waals surface area contributed by atoms with Crippen LogP contribution in [0.25, 0.3) is 0 Å². The first-order valence-corrected chi connectivity index (χ1v) is 6.26. The van der Waals surface area contributed by atoms with Gasteiger partial charge in [0.05, 0.1) is 4.47 Å².